The van der Waals surface area contributed by atoms with Crippen molar-refractivity contribution in [2.24, 2.45) is 0 Å². The first-order chi connectivity index (χ1) is 16.0. The minimum absolute atomic E-state index is 0.168. The van der Waals surface area contributed by atoms with Gasteiger partial charge in [-0.3, -0.25) is 4.79 Å². The van der Waals surface area contributed by atoms with E-state index in [0.717, 1.165) is 40.3 Å². The first-order valence-corrected chi connectivity index (χ1v) is 11.0. The van der Waals surface area contributed by atoms with Gasteiger partial charge in [0.05, 0.1) is 6.61 Å². The van der Waals surface area contributed by atoms with Crippen molar-refractivity contribution in [3.05, 3.63) is 84.4 Å². The van der Waals surface area contributed by atoms with Gasteiger partial charge in [0, 0.05) is 17.4 Å². The highest BCUT2D eigenvalue weighted by molar-refractivity contribution is 5.96. The highest BCUT2D eigenvalue weighted by Gasteiger charge is 2.13. The lowest BCUT2D eigenvalue weighted by Gasteiger charge is -2.15. The van der Waals surface area contributed by atoms with E-state index in [1.165, 1.54) is 0 Å². The number of hydrogen-bond donors (Lipinski definition) is 2. The van der Waals surface area contributed by atoms with Crippen molar-refractivity contribution in [3.8, 4) is 34.1 Å². The minimum atomic E-state index is -0.168. The van der Waals surface area contributed by atoms with E-state index in [9.17, 15) is 15.0 Å². The first kappa shape index (κ1) is 22.2. The molecule has 0 aliphatic carbocycles. The Hall–Kier alpha value is -3.99. The fourth-order valence-corrected chi connectivity index (χ4v) is 3.81. The molecule has 0 saturated heterocycles. The fraction of sp³-hybridized carbons (Fsp3) is 0.179. The maximum atomic E-state index is 11.5. The van der Waals surface area contributed by atoms with Gasteiger partial charge in [-0.05, 0) is 84.8 Å². The zero-order valence-electron chi connectivity index (χ0n) is 18.5. The van der Waals surface area contributed by atoms with Crippen LogP contribution in [0.3, 0.4) is 0 Å². The van der Waals surface area contributed by atoms with Crippen LogP contribution in [0, 0.1) is 0 Å². The average Bonchev–Trinajstić information content (AvgIpc) is 2.80. The number of phenols is 2. The number of ether oxygens (including phenoxy) is 2. The summed E-state index contributed by atoms with van der Waals surface area (Å²) in [4.78, 5) is 11.5. The molecule has 5 heteroatoms. The number of esters is 1. The molecule has 168 valence electrons. The predicted octanol–water partition coefficient (Wildman–Crippen LogP) is 6.60. The lowest BCUT2D eigenvalue weighted by molar-refractivity contribution is -0.143. The number of carbonyl (C=O) groups excluding carboxylic acids is 1. The molecule has 33 heavy (non-hydrogen) atoms. The molecule has 4 aromatic rings. The molecule has 0 spiro atoms. The third kappa shape index (κ3) is 5.44. The van der Waals surface area contributed by atoms with E-state index in [0.29, 0.717) is 24.5 Å². The molecule has 0 saturated carbocycles. The second-order valence-electron chi connectivity index (χ2n) is 7.80. The Bertz CT molecular complexity index is 1260. The van der Waals surface area contributed by atoms with Crippen molar-refractivity contribution >= 4 is 16.7 Å². The summed E-state index contributed by atoms with van der Waals surface area (Å²) < 4.78 is 11.3. The van der Waals surface area contributed by atoms with Crippen LogP contribution in [-0.4, -0.2) is 22.8 Å². The number of carbonyl (C=O) groups is 1. The highest BCUT2D eigenvalue weighted by Crippen LogP contribution is 2.41. The van der Waals surface area contributed by atoms with E-state index in [1.807, 2.05) is 48.5 Å². The molecular formula is C28H26O5. The van der Waals surface area contributed by atoms with Crippen LogP contribution in [0.5, 0.6) is 23.0 Å². The predicted molar refractivity (Wildman–Crippen MR) is 129 cm³/mol. The third-order valence-electron chi connectivity index (χ3n) is 5.41. The molecule has 0 fully saturated rings. The van der Waals surface area contributed by atoms with Gasteiger partial charge in [0.1, 0.15) is 23.0 Å². The number of phenolic OH excluding ortho intramolecular Hbond substituents is 2. The van der Waals surface area contributed by atoms with Gasteiger partial charge >= 0.3 is 5.97 Å². The summed E-state index contributed by atoms with van der Waals surface area (Å²) in [5.74, 6) is 1.51. The van der Waals surface area contributed by atoms with Crippen LogP contribution in [0.1, 0.15) is 25.3 Å². The smallest absolute Gasteiger partial charge is 0.305 e. The maximum Gasteiger partial charge on any atom is 0.305 e. The molecule has 5 nitrogen and oxygen atoms in total. The number of rotatable bonds is 8. The number of benzene rings is 4. The lowest BCUT2D eigenvalue weighted by atomic mass is 9.99. The quantitative estimate of drug-likeness (QED) is 0.301. The number of fused-ring (bicyclic) bond motifs is 1. The van der Waals surface area contributed by atoms with Gasteiger partial charge < -0.3 is 19.7 Å². The molecule has 0 aromatic heterocycles. The number of aromatic hydroxyl groups is 2. The summed E-state index contributed by atoms with van der Waals surface area (Å²) in [6, 6.07) is 23.8. The Kier molecular flexibility index (Phi) is 6.79. The molecule has 0 aliphatic heterocycles. The normalized spacial score (nSPS) is 10.8. The Morgan fingerprint density at radius 3 is 2.42 bits per heavy atom. The molecular weight excluding hydrogens is 416 g/mol. The second-order valence-corrected chi connectivity index (χ2v) is 7.80. The van der Waals surface area contributed by atoms with E-state index in [-0.39, 0.29) is 17.5 Å². The first-order valence-electron chi connectivity index (χ1n) is 11.0. The summed E-state index contributed by atoms with van der Waals surface area (Å²) in [5.41, 5.74) is 2.78. The van der Waals surface area contributed by atoms with Crippen molar-refractivity contribution in [3.63, 3.8) is 0 Å². The van der Waals surface area contributed by atoms with E-state index < -0.39 is 0 Å². The van der Waals surface area contributed by atoms with Crippen LogP contribution in [0.15, 0.2) is 78.9 Å². The molecule has 4 aromatic carbocycles. The maximum absolute atomic E-state index is 11.5. The topological polar surface area (TPSA) is 76.0 Å². The molecule has 0 radical (unpaired) electrons. The Morgan fingerprint density at radius 1 is 0.879 bits per heavy atom. The molecule has 4 rings (SSSR count). The molecule has 2 N–H and O–H groups in total. The van der Waals surface area contributed by atoms with Gasteiger partial charge in [-0.15, -0.1) is 0 Å². The Morgan fingerprint density at radius 2 is 1.67 bits per heavy atom. The third-order valence-corrected chi connectivity index (χ3v) is 5.41. The zero-order chi connectivity index (χ0) is 23.2. The van der Waals surface area contributed by atoms with Gasteiger partial charge in [-0.25, -0.2) is 0 Å². The van der Waals surface area contributed by atoms with E-state index in [2.05, 4.69) is 0 Å². The Balaban J connectivity index is 1.61. The van der Waals surface area contributed by atoms with Crippen LogP contribution < -0.4 is 4.74 Å². The van der Waals surface area contributed by atoms with Crippen molar-refractivity contribution in [2.45, 2.75) is 26.2 Å². The van der Waals surface area contributed by atoms with Crippen molar-refractivity contribution in [1.29, 1.82) is 0 Å². The minimum Gasteiger partial charge on any atom is -0.508 e. The number of aryl methyl sites for hydroxylation is 1. The molecule has 0 heterocycles. The second kappa shape index (κ2) is 10.1. The molecule has 0 bridgehead atoms. The summed E-state index contributed by atoms with van der Waals surface area (Å²) in [7, 11) is 0. The summed E-state index contributed by atoms with van der Waals surface area (Å²) in [5, 5.41) is 21.6. The average molecular weight is 443 g/mol. The number of hydrogen-bond acceptors (Lipinski definition) is 5. The summed E-state index contributed by atoms with van der Waals surface area (Å²) >= 11 is 0. The van der Waals surface area contributed by atoms with Gasteiger partial charge in [0.15, 0.2) is 0 Å². The standard InChI is InChI=1S/C28H26O5/c1-2-32-27(31)8-3-5-19-9-13-24(14-10-19)33-28-25(20-6-4-7-22(29)17-20)15-11-21-18-23(30)12-16-26(21)28/h4,6-7,9-18,29-30H,2-3,5,8H2,1H3. The van der Waals surface area contributed by atoms with Crippen molar-refractivity contribution in [1.82, 2.24) is 0 Å². The summed E-state index contributed by atoms with van der Waals surface area (Å²) in [6.07, 6.45) is 1.91. The SMILES string of the molecule is CCOC(=O)CCCc1ccc(Oc2c(-c3cccc(O)c3)ccc3cc(O)ccc23)cc1. The molecule has 0 atom stereocenters. The molecule has 0 amide bonds. The fourth-order valence-electron chi connectivity index (χ4n) is 3.81. The van der Waals surface area contributed by atoms with Crippen LogP contribution in [0.4, 0.5) is 0 Å². The van der Waals surface area contributed by atoms with Crippen molar-refractivity contribution in [2.75, 3.05) is 6.61 Å². The van der Waals surface area contributed by atoms with Crippen LogP contribution >= 0.6 is 0 Å². The Labute approximate surface area is 192 Å². The van der Waals surface area contributed by atoms with Crippen LogP contribution in [0.25, 0.3) is 21.9 Å². The van der Waals surface area contributed by atoms with E-state index in [1.54, 1.807) is 37.3 Å². The van der Waals surface area contributed by atoms with Crippen LogP contribution in [-0.2, 0) is 16.0 Å². The van der Waals surface area contributed by atoms with Gasteiger partial charge in [0.2, 0.25) is 0 Å². The van der Waals surface area contributed by atoms with Gasteiger partial charge in [0.25, 0.3) is 0 Å². The molecule has 0 unspecified atom stereocenters. The van der Waals surface area contributed by atoms with Crippen molar-refractivity contribution < 1.29 is 24.5 Å². The monoisotopic (exact) mass is 442 g/mol. The lowest BCUT2D eigenvalue weighted by Crippen LogP contribution is -2.03. The molecule has 0 aliphatic rings. The van der Waals surface area contributed by atoms with E-state index in [4.69, 9.17) is 9.47 Å². The highest BCUT2D eigenvalue weighted by atomic mass is 16.5. The van der Waals surface area contributed by atoms with E-state index >= 15 is 0 Å². The van der Waals surface area contributed by atoms with Gasteiger partial charge in [-0.1, -0.05) is 30.3 Å². The zero-order valence-corrected chi connectivity index (χ0v) is 18.5. The van der Waals surface area contributed by atoms with Gasteiger partial charge in [-0.2, -0.15) is 0 Å². The summed E-state index contributed by atoms with van der Waals surface area (Å²) in [6.45, 7) is 2.21. The van der Waals surface area contributed by atoms with Crippen LogP contribution in [0.2, 0.25) is 0 Å². The largest absolute Gasteiger partial charge is 0.508 e.